The molecule has 0 unspecified atom stereocenters. The van der Waals surface area contributed by atoms with E-state index in [-0.39, 0.29) is 11.6 Å². The number of pyridine rings is 1. The molecule has 2 aromatic rings. The maximum absolute atomic E-state index is 12.0. The monoisotopic (exact) mass is 281 g/mol. The van der Waals surface area contributed by atoms with Gasteiger partial charge in [0, 0.05) is 18.9 Å². The average Bonchev–Trinajstić information content (AvgIpc) is 2.88. The van der Waals surface area contributed by atoms with Gasteiger partial charge >= 0.3 is 0 Å². The summed E-state index contributed by atoms with van der Waals surface area (Å²) in [5.74, 6) is 0.576. The normalized spacial score (nSPS) is 11.6. The largest absolute Gasteiger partial charge is 0.447 e. The van der Waals surface area contributed by atoms with E-state index in [2.05, 4.69) is 15.0 Å². The van der Waals surface area contributed by atoms with Crippen LogP contribution < -0.4 is 10.0 Å². The van der Waals surface area contributed by atoms with Crippen LogP contribution in [0.5, 0.6) is 0 Å². The Morgan fingerprint density at radius 1 is 1.16 bits per heavy atom. The predicted octanol–water partition coefficient (Wildman–Crippen LogP) is 0.872. The van der Waals surface area contributed by atoms with E-state index < -0.39 is 10.0 Å². The van der Waals surface area contributed by atoms with Crippen LogP contribution >= 0.6 is 0 Å². The fraction of sp³-hybridized carbons (Fsp3) is 0.250. The molecule has 0 fully saturated rings. The van der Waals surface area contributed by atoms with Crippen molar-refractivity contribution in [2.24, 2.45) is 0 Å². The van der Waals surface area contributed by atoms with Gasteiger partial charge in [-0.15, -0.1) is 0 Å². The summed E-state index contributed by atoms with van der Waals surface area (Å²) >= 11 is 0. The molecule has 0 aliphatic heterocycles. The Morgan fingerprint density at radius 3 is 2.58 bits per heavy atom. The maximum atomic E-state index is 12.0. The van der Waals surface area contributed by atoms with Gasteiger partial charge in [-0.2, -0.15) is 0 Å². The molecule has 0 aromatic carbocycles. The second-order valence-corrected chi connectivity index (χ2v) is 5.63. The van der Waals surface area contributed by atoms with Crippen LogP contribution in [0.2, 0.25) is 0 Å². The molecule has 0 aliphatic rings. The molecule has 2 aromatic heterocycles. The molecular formula is C12H15N3O3S. The van der Waals surface area contributed by atoms with Crippen LogP contribution in [0.25, 0.3) is 0 Å². The van der Waals surface area contributed by atoms with E-state index in [1.807, 2.05) is 0 Å². The number of rotatable bonds is 6. The van der Waals surface area contributed by atoms with Crippen molar-refractivity contribution in [3.8, 4) is 0 Å². The maximum Gasteiger partial charge on any atom is 0.274 e. The van der Waals surface area contributed by atoms with Crippen molar-refractivity contribution in [2.45, 2.75) is 18.2 Å². The quantitative estimate of drug-likeness (QED) is 0.821. The molecule has 0 aliphatic carbocycles. The summed E-state index contributed by atoms with van der Waals surface area (Å²) < 4.78 is 31.7. The smallest absolute Gasteiger partial charge is 0.274 e. The third kappa shape index (κ3) is 3.63. The first kappa shape index (κ1) is 13.7. The molecule has 0 atom stereocenters. The molecule has 2 rings (SSSR count). The van der Waals surface area contributed by atoms with Crippen LogP contribution in [0.15, 0.2) is 46.2 Å². The van der Waals surface area contributed by atoms with Gasteiger partial charge in [0.25, 0.3) is 10.0 Å². The number of sulfonamides is 1. The second-order valence-electron chi connectivity index (χ2n) is 3.93. The molecule has 0 bridgehead atoms. The number of hydrogen-bond acceptors (Lipinski definition) is 5. The number of aromatic nitrogens is 1. The molecular weight excluding hydrogens is 266 g/mol. The first-order valence-electron chi connectivity index (χ1n) is 5.74. The molecule has 0 amide bonds. The highest BCUT2D eigenvalue weighted by atomic mass is 32.2. The van der Waals surface area contributed by atoms with Crippen LogP contribution in [0.1, 0.15) is 11.3 Å². The molecule has 19 heavy (non-hydrogen) atoms. The molecule has 102 valence electrons. The summed E-state index contributed by atoms with van der Waals surface area (Å²) in [5, 5.41) is 2.81. The van der Waals surface area contributed by atoms with Crippen molar-refractivity contribution < 1.29 is 12.8 Å². The summed E-state index contributed by atoms with van der Waals surface area (Å²) in [4.78, 5) is 3.87. The highest BCUT2D eigenvalue weighted by molar-refractivity contribution is 7.89. The molecule has 0 saturated heterocycles. The van der Waals surface area contributed by atoms with Gasteiger partial charge in [-0.3, -0.25) is 4.98 Å². The van der Waals surface area contributed by atoms with Gasteiger partial charge in [0.05, 0.1) is 6.54 Å². The third-order valence-electron chi connectivity index (χ3n) is 2.47. The van der Waals surface area contributed by atoms with Crippen molar-refractivity contribution in [3.63, 3.8) is 0 Å². The van der Waals surface area contributed by atoms with Gasteiger partial charge < -0.3 is 9.73 Å². The molecule has 0 saturated carbocycles. The first-order valence-corrected chi connectivity index (χ1v) is 7.22. The van der Waals surface area contributed by atoms with Crippen molar-refractivity contribution in [3.05, 3.63) is 48.0 Å². The zero-order valence-corrected chi connectivity index (χ0v) is 11.3. The summed E-state index contributed by atoms with van der Waals surface area (Å²) in [6.07, 6.45) is 3.23. The van der Waals surface area contributed by atoms with Crippen molar-refractivity contribution in [1.29, 1.82) is 0 Å². The standard InChI is InChI=1S/C12H15N3O3S/c1-13-9-11-2-3-12(18-11)19(16,17)15-8-10-4-6-14-7-5-10/h2-7,13,15H,8-9H2,1H3. The van der Waals surface area contributed by atoms with Crippen molar-refractivity contribution in [1.82, 2.24) is 15.0 Å². The highest BCUT2D eigenvalue weighted by Crippen LogP contribution is 2.14. The van der Waals surface area contributed by atoms with E-state index in [9.17, 15) is 8.42 Å². The summed E-state index contributed by atoms with van der Waals surface area (Å²) in [5.41, 5.74) is 0.834. The van der Waals surface area contributed by atoms with E-state index in [0.717, 1.165) is 5.56 Å². The van der Waals surface area contributed by atoms with E-state index >= 15 is 0 Å². The molecule has 2 N–H and O–H groups in total. The van der Waals surface area contributed by atoms with Gasteiger partial charge in [0.15, 0.2) is 0 Å². The van der Waals surface area contributed by atoms with E-state index in [1.165, 1.54) is 6.07 Å². The molecule has 6 nitrogen and oxygen atoms in total. The first-order chi connectivity index (χ1) is 9.12. The minimum Gasteiger partial charge on any atom is -0.447 e. The van der Waals surface area contributed by atoms with Gasteiger partial charge in [0.1, 0.15) is 5.76 Å². The highest BCUT2D eigenvalue weighted by Gasteiger charge is 2.18. The Bertz CT molecular complexity index is 623. The van der Waals surface area contributed by atoms with Crippen LogP contribution in [0, 0.1) is 0 Å². The Morgan fingerprint density at radius 2 is 1.89 bits per heavy atom. The van der Waals surface area contributed by atoms with Crippen LogP contribution in [0.4, 0.5) is 0 Å². The minimum absolute atomic E-state index is 0.0770. The Hall–Kier alpha value is -1.70. The van der Waals surface area contributed by atoms with Gasteiger partial charge in [0.2, 0.25) is 5.09 Å². The lowest BCUT2D eigenvalue weighted by Crippen LogP contribution is -2.22. The lowest BCUT2D eigenvalue weighted by molar-refractivity contribution is 0.404. The van der Waals surface area contributed by atoms with Gasteiger partial charge in [-0.25, -0.2) is 13.1 Å². The fourth-order valence-corrected chi connectivity index (χ4v) is 2.48. The average molecular weight is 281 g/mol. The molecule has 0 radical (unpaired) electrons. The van der Waals surface area contributed by atoms with Crippen LogP contribution in [-0.4, -0.2) is 20.4 Å². The fourth-order valence-electron chi connectivity index (χ4n) is 1.52. The van der Waals surface area contributed by atoms with Crippen molar-refractivity contribution in [2.75, 3.05) is 7.05 Å². The summed E-state index contributed by atoms with van der Waals surface area (Å²) in [6, 6.07) is 6.58. The Kier molecular flexibility index (Phi) is 4.31. The topological polar surface area (TPSA) is 84.2 Å². The third-order valence-corrected chi connectivity index (χ3v) is 3.74. The van der Waals surface area contributed by atoms with Gasteiger partial charge in [-0.05, 0) is 36.9 Å². The Balaban J connectivity index is 2.05. The van der Waals surface area contributed by atoms with Crippen LogP contribution in [0.3, 0.4) is 0 Å². The zero-order chi connectivity index (χ0) is 13.7. The van der Waals surface area contributed by atoms with Crippen molar-refractivity contribution >= 4 is 10.0 Å². The summed E-state index contributed by atoms with van der Waals surface area (Å²) in [7, 11) is -1.86. The van der Waals surface area contributed by atoms with Gasteiger partial charge in [-0.1, -0.05) is 0 Å². The minimum atomic E-state index is -3.62. The second kappa shape index (κ2) is 5.96. The SMILES string of the molecule is CNCc1ccc(S(=O)(=O)NCc2ccncc2)o1. The zero-order valence-electron chi connectivity index (χ0n) is 10.5. The van der Waals surface area contributed by atoms with Crippen LogP contribution in [-0.2, 0) is 23.1 Å². The Labute approximate surface area is 111 Å². The molecule has 0 spiro atoms. The lowest BCUT2D eigenvalue weighted by Gasteiger charge is -2.04. The number of nitrogens with zero attached hydrogens (tertiary/aromatic N) is 1. The molecule has 7 heteroatoms. The van der Waals surface area contributed by atoms with E-state index in [4.69, 9.17) is 4.42 Å². The number of nitrogens with one attached hydrogen (secondary N) is 2. The van der Waals surface area contributed by atoms with E-state index in [0.29, 0.717) is 12.3 Å². The lowest BCUT2D eigenvalue weighted by atomic mass is 10.3. The predicted molar refractivity (Wildman–Crippen MR) is 69.7 cm³/mol. The summed E-state index contributed by atoms with van der Waals surface area (Å²) in [6.45, 7) is 0.687. The molecule has 2 heterocycles. The van der Waals surface area contributed by atoms with E-state index in [1.54, 1.807) is 37.6 Å². The number of furan rings is 1. The number of hydrogen-bond donors (Lipinski definition) is 2.